The van der Waals surface area contributed by atoms with Gasteiger partial charge < -0.3 is 9.47 Å². The zero-order valence-corrected chi connectivity index (χ0v) is 19.2. The van der Waals surface area contributed by atoms with Crippen molar-refractivity contribution in [3.8, 4) is 0 Å². The number of benzene rings is 2. The van der Waals surface area contributed by atoms with E-state index in [4.69, 9.17) is 0 Å². The molecule has 4 rings (SSSR count). The highest BCUT2D eigenvalue weighted by atomic mass is 32.2. The number of nitro benzene ring substituents is 1. The van der Waals surface area contributed by atoms with Crippen LogP contribution >= 0.6 is 11.8 Å². The summed E-state index contributed by atoms with van der Waals surface area (Å²) in [6, 6.07) is 14.0. The lowest BCUT2D eigenvalue weighted by Crippen LogP contribution is -2.32. The number of thioether (sulfide) groups is 1. The fourth-order valence-corrected chi connectivity index (χ4v) is 4.87. The van der Waals surface area contributed by atoms with Gasteiger partial charge in [-0.1, -0.05) is 47.7 Å². The minimum absolute atomic E-state index is 0.00531. The van der Waals surface area contributed by atoms with Crippen molar-refractivity contribution >= 4 is 23.4 Å². The summed E-state index contributed by atoms with van der Waals surface area (Å²) < 4.78 is 2.01. The van der Waals surface area contributed by atoms with Gasteiger partial charge in [0.15, 0.2) is 11.0 Å². The van der Waals surface area contributed by atoms with Crippen LogP contribution in [0.1, 0.15) is 46.2 Å². The largest absolute Gasteiger partial charge is 0.328 e. The monoisotopic (exact) mass is 463 g/mol. The summed E-state index contributed by atoms with van der Waals surface area (Å²) in [6.07, 6.45) is 3.54. The average Bonchev–Trinajstić information content (AvgIpc) is 3.45. The predicted molar refractivity (Wildman–Crippen MR) is 127 cm³/mol. The third-order valence-corrected chi connectivity index (χ3v) is 6.72. The normalized spacial score (nSPS) is 15.5. The molecule has 1 unspecified atom stereocenters. The zero-order valence-electron chi connectivity index (χ0n) is 18.4. The third-order valence-electron chi connectivity index (χ3n) is 5.68. The van der Waals surface area contributed by atoms with Crippen LogP contribution in [0.15, 0.2) is 66.3 Å². The second-order valence-electron chi connectivity index (χ2n) is 7.97. The van der Waals surface area contributed by atoms with E-state index < -0.39 is 4.92 Å². The van der Waals surface area contributed by atoms with Gasteiger partial charge in [-0.25, -0.2) is 0 Å². The molecule has 0 aliphatic carbocycles. The van der Waals surface area contributed by atoms with Crippen LogP contribution < -0.4 is 0 Å². The first kappa shape index (κ1) is 22.7. The lowest BCUT2D eigenvalue weighted by molar-refractivity contribution is -0.384. The van der Waals surface area contributed by atoms with Gasteiger partial charge >= 0.3 is 0 Å². The number of rotatable bonds is 8. The van der Waals surface area contributed by atoms with Crippen LogP contribution in [0, 0.1) is 17.0 Å². The third kappa shape index (κ3) is 4.98. The molecule has 1 aromatic heterocycles. The van der Waals surface area contributed by atoms with Crippen LogP contribution in [0.25, 0.3) is 0 Å². The summed E-state index contributed by atoms with van der Waals surface area (Å²) in [4.78, 5) is 25.5. The van der Waals surface area contributed by atoms with E-state index in [0.29, 0.717) is 24.4 Å². The summed E-state index contributed by atoms with van der Waals surface area (Å²) in [5, 5.41) is 20.5. The van der Waals surface area contributed by atoms with Crippen molar-refractivity contribution in [1.29, 1.82) is 0 Å². The molecule has 1 amide bonds. The van der Waals surface area contributed by atoms with E-state index >= 15 is 0 Å². The van der Waals surface area contributed by atoms with E-state index in [9.17, 15) is 14.9 Å². The smallest absolute Gasteiger partial charge is 0.269 e. The Bertz CT molecular complexity index is 1160. The number of allylic oxidation sites excluding steroid dienone is 1. The summed E-state index contributed by atoms with van der Waals surface area (Å²) in [5.74, 6) is 1.37. The molecular weight excluding hydrogens is 438 g/mol. The molecule has 2 heterocycles. The van der Waals surface area contributed by atoms with Crippen molar-refractivity contribution in [3.63, 3.8) is 0 Å². The maximum Gasteiger partial charge on any atom is 0.269 e. The van der Waals surface area contributed by atoms with Gasteiger partial charge in [0.2, 0.25) is 0 Å². The first-order valence-corrected chi connectivity index (χ1v) is 11.7. The molecule has 0 bridgehead atoms. The van der Waals surface area contributed by atoms with Crippen LogP contribution in [0.4, 0.5) is 5.69 Å². The van der Waals surface area contributed by atoms with Crippen molar-refractivity contribution in [2.75, 3.05) is 6.54 Å². The molecule has 9 heteroatoms. The molecule has 1 aliphatic heterocycles. The number of hydrogen-bond acceptors (Lipinski definition) is 6. The number of amides is 1. The van der Waals surface area contributed by atoms with Crippen molar-refractivity contribution in [2.45, 2.75) is 43.3 Å². The van der Waals surface area contributed by atoms with Gasteiger partial charge in [-0.3, -0.25) is 14.9 Å². The summed E-state index contributed by atoms with van der Waals surface area (Å²) in [7, 11) is 0. The molecule has 1 saturated heterocycles. The quantitative estimate of drug-likeness (QED) is 0.203. The Balaban J connectivity index is 1.53. The molecule has 0 radical (unpaired) electrons. The molecule has 170 valence electrons. The second-order valence-corrected chi connectivity index (χ2v) is 8.92. The SMILES string of the molecule is C=CCn1c(SCc2ccc([N+](=O)[O-])cc2)nnc1C1CCCN1C(=O)c1ccc(C)cc1. The van der Waals surface area contributed by atoms with E-state index in [1.54, 1.807) is 18.2 Å². The molecule has 8 nitrogen and oxygen atoms in total. The maximum absolute atomic E-state index is 13.2. The summed E-state index contributed by atoms with van der Waals surface area (Å²) in [5.41, 5.74) is 2.82. The Morgan fingerprint density at radius 2 is 1.94 bits per heavy atom. The standard InChI is InChI=1S/C24H25N5O3S/c1-3-14-28-22(21-5-4-15-27(21)23(30)19-10-6-17(2)7-11-19)25-26-24(28)33-16-18-8-12-20(13-9-18)29(31)32/h3,6-13,21H,1,4-5,14-16H2,2H3. The molecule has 1 atom stereocenters. The molecular formula is C24H25N5O3S. The van der Waals surface area contributed by atoms with Crippen LogP contribution in [0.2, 0.25) is 0 Å². The van der Waals surface area contributed by atoms with Crippen LogP contribution in [0.3, 0.4) is 0 Å². The first-order chi connectivity index (χ1) is 16.0. The van der Waals surface area contributed by atoms with Gasteiger partial charge in [0, 0.05) is 36.5 Å². The van der Waals surface area contributed by atoms with Crippen molar-refractivity contribution in [1.82, 2.24) is 19.7 Å². The highest BCUT2D eigenvalue weighted by Crippen LogP contribution is 2.34. The molecule has 0 N–H and O–H groups in total. The van der Waals surface area contributed by atoms with E-state index in [1.165, 1.54) is 23.9 Å². The number of carbonyl (C=O) groups excluding carboxylic acids is 1. The number of carbonyl (C=O) groups is 1. The first-order valence-electron chi connectivity index (χ1n) is 10.8. The van der Waals surface area contributed by atoms with Gasteiger partial charge in [0.1, 0.15) is 0 Å². The predicted octanol–water partition coefficient (Wildman–Crippen LogP) is 4.95. The lowest BCUT2D eigenvalue weighted by atomic mass is 10.1. The second kappa shape index (κ2) is 9.99. The molecule has 0 spiro atoms. The van der Waals surface area contributed by atoms with Gasteiger partial charge in [-0.2, -0.15) is 0 Å². The van der Waals surface area contributed by atoms with Crippen molar-refractivity contribution < 1.29 is 9.72 Å². The molecule has 3 aromatic rings. The minimum Gasteiger partial charge on any atom is -0.328 e. The Kier molecular flexibility index (Phi) is 6.88. The number of non-ortho nitro benzene ring substituents is 1. The van der Waals surface area contributed by atoms with E-state index in [-0.39, 0.29) is 17.6 Å². The number of aromatic nitrogens is 3. The minimum atomic E-state index is -0.408. The van der Waals surface area contributed by atoms with Gasteiger partial charge in [0.25, 0.3) is 11.6 Å². The van der Waals surface area contributed by atoms with Crippen LogP contribution in [0.5, 0.6) is 0 Å². The van der Waals surface area contributed by atoms with E-state index in [1.807, 2.05) is 40.7 Å². The van der Waals surface area contributed by atoms with E-state index in [2.05, 4.69) is 16.8 Å². The Labute approximate surface area is 196 Å². The highest BCUT2D eigenvalue weighted by molar-refractivity contribution is 7.98. The molecule has 1 aliphatic rings. The number of nitro groups is 1. The van der Waals surface area contributed by atoms with Crippen LogP contribution in [-0.2, 0) is 12.3 Å². The van der Waals surface area contributed by atoms with Gasteiger partial charge in [0.05, 0.1) is 11.0 Å². The molecule has 0 saturated carbocycles. The topological polar surface area (TPSA) is 94.2 Å². The number of likely N-dealkylation sites (tertiary alicyclic amines) is 1. The van der Waals surface area contributed by atoms with Gasteiger partial charge in [-0.15, -0.1) is 16.8 Å². The molecule has 1 fully saturated rings. The summed E-state index contributed by atoms with van der Waals surface area (Å²) >= 11 is 1.51. The molecule has 33 heavy (non-hydrogen) atoms. The fourth-order valence-electron chi connectivity index (χ4n) is 3.96. The average molecular weight is 464 g/mol. The highest BCUT2D eigenvalue weighted by Gasteiger charge is 2.34. The van der Waals surface area contributed by atoms with Crippen molar-refractivity contribution in [3.05, 3.63) is 93.8 Å². The number of hydrogen-bond donors (Lipinski definition) is 0. The van der Waals surface area contributed by atoms with Crippen molar-refractivity contribution in [2.24, 2.45) is 0 Å². The lowest BCUT2D eigenvalue weighted by Gasteiger charge is -2.24. The summed E-state index contributed by atoms with van der Waals surface area (Å²) in [6.45, 7) is 7.09. The Morgan fingerprint density at radius 1 is 1.21 bits per heavy atom. The fraction of sp³-hybridized carbons (Fsp3) is 0.292. The maximum atomic E-state index is 13.2. The Hall–Kier alpha value is -3.46. The number of aryl methyl sites for hydroxylation is 1. The van der Waals surface area contributed by atoms with Crippen LogP contribution in [-0.4, -0.2) is 37.0 Å². The molecule has 2 aromatic carbocycles. The zero-order chi connectivity index (χ0) is 23.4. The Morgan fingerprint density at radius 3 is 2.61 bits per heavy atom. The van der Waals surface area contributed by atoms with E-state index in [0.717, 1.165) is 34.9 Å². The van der Waals surface area contributed by atoms with Gasteiger partial charge in [-0.05, 0) is 37.5 Å². The number of nitrogens with zero attached hydrogens (tertiary/aromatic N) is 5.